The number of aliphatic carboxylic acids is 1. The number of alkyl halides is 1. The number of carbonyl (C=O) groups is 2. The molecule has 3 rings (SSSR count). The van der Waals surface area contributed by atoms with Crippen LogP contribution in [0, 0.1) is 23.2 Å². The molecule has 3 fully saturated rings. The van der Waals surface area contributed by atoms with E-state index in [2.05, 4.69) is 48.5 Å². The molecule has 3 saturated carbocycles. The van der Waals surface area contributed by atoms with Crippen LogP contribution in [0.15, 0.2) is 35.5 Å². The zero-order valence-corrected chi connectivity index (χ0v) is 19.9. The summed E-state index contributed by atoms with van der Waals surface area (Å²) in [6.07, 6.45) is 12.9. The number of rotatable bonds is 6. The van der Waals surface area contributed by atoms with E-state index in [1.165, 1.54) is 24.0 Å². The summed E-state index contributed by atoms with van der Waals surface area (Å²) in [5.74, 6) is 0.353. The fraction of sp³-hybridized carbons (Fsp3) is 0.680. The number of carboxylic acid groups (broad SMARTS) is 1. The topological polar surface area (TPSA) is 63.6 Å². The van der Waals surface area contributed by atoms with Gasteiger partial charge in [0.15, 0.2) is 0 Å². The molecule has 4 nitrogen and oxygen atoms in total. The lowest BCUT2D eigenvalue weighted by Gasteiger charge is -2.44. The lowest BCUT2D eigenvalue weighted by atomic mass is 9.61. The molecule has 0 heterocycles. The molecule has 3 aliphatic carbocycles. The van der Waals surface area contributed by atoms with Crippen molar-refractivity contribution in [3.8, 4) is 0 Å². The molecule has 0 amide bonds. The summed E-state index contributed by atoms with van der Waals surface area (Å²) >= 11 is 3.16. The molecule has 0 aliphatic heterocycles. The maximum Gasteiger partial charge on any atom is 0.316 e. The van der Waals surface area contributed by atoms with Gasteiger partial charge in [0, 0.05) is 12.8 Å². The number of hydrogen-bond acceptors (Lipinski definition) is 3. The Bertz CT molecular complexity index is 752. The van der Waals surface area contributed by atoms with Gasteiger partial charge in [0.2, 0.25) is 0 Å². The Morgan fingerprint density at radius 2 is 2.07 bits per heavy atom. The molecule has 5 atom stereocenters. The van der Waals surface area contributed by atoms with Gasteiger partial charge in [0.05, 0.1) is 0 Å². The summed E-state index contributed by atoms with van der Waals surface area (Å²) in [5, 5.41) is 9.49. The van der Waals surface area contributed by atoms with Crippen molar-refractivity contribution in [2.75, 3.05) is 5.33 Å². The van der Waals surface area contributed by atoms with Gasteiger partial charge in [-0.25, -0.2) is 0 Å². The van der Waals surface area contributed by atoms with Crippen LogP contribution in [-0.2, 0) is 14.3 Å². The monoisotopic (exact) mass is 478 g/mol. The zero-order chi connectivity index (χ0) is 21.9. The number of hydrogen-bond donors (Lipinski definition) is 1. The fourth-order valence-electron chi connectivity index (χ4n) is 6.33. The van der Waals surface area contributed by atoms with Crippen LogP contribution in [-0.4, -0.2) is 28.5 Å². The number of carboxylic acids is 1. The summed E-state index contributed by atoms with van der Waals surface area (Å²) in [4.78, 5) is 22.9. The van der Waals surface area contributed by atoms with Crippen molar-refractivity contribution in [2.24, 2.45) is 23.2 Å². The average Bonchev–Trinajstić information content (AvgIpc) is 3.05. The Labute approximate surface area is 189 Å². The van der Waals surface area contributed by atoms with Gasteiger partial charge in [-0.15, -0.1) is 0 Å². The third-order valence-electron chi connectivity index (χ3n) is 7.80. The van der Waals surface area contributed by atoms with E-state index in [1.807, 2.05) is 0 Å². The molecule has 5 heteroatoms. The minimum Gasteiger partial charge on any atom is -0.481 e. The maximum absolute atomic E-state index is 11.6. The van der Waals surface area contributed by atoms with Gasteiger partial charge in [-0.2, -0.15) is 0 Å². The van der Waals surface area contributed by atoms with E-state index < -0.39 is 5.97 Å². The predicted octanol–water partition coefficient (Wildman–Crippen LogP) is 6.21. The Kier molecular flexibility index (Phi) is 7.65. The van der Waals surface area contributed by atoms with E-state index in [1.54, 1.807) is 0 Å². The van der Waals surface area contributed by atoms with Crippen LogP contribution in [0.25, 0.3) is 0 Å². The van der Waals surface area contributed by atoms with Gasteiger partial charge >= 0.3 is 11.9 Å². The minimum atomic E-state index is -0.683. The molecule has 0 radical (unpaired) electrons. The van der Waals surface area contributed by atoms with Crippen molar-refractivity contribution in [1.29, 1.82) is 0 Å². The van der Waals surface area contributed by atoms with Crippen LogP contribution in [0.1, 0.15) is 71.6 Å². The molecule has 166 valence electrons. The molecule has 1 N–H and O–H groups in total. The van der Waals surface area contributed by atoms with Crippen molar-refractivity contribution in [3.63, 3.8) is 0 Å². The molecule has 2 unspecified atom stereocenters. The molecule has 0 aromatic heterocycles. The van der Waals surface area contributed by atoms with Crippen LogP contribution >= 0.6 is 15.9 Å². The highest BCUT2D eigenvalue weighted by molar-refractivity contribution is 9.09. The second-order valence-corrected chi connectivity index (χ2v) is 10.3. The third kappa shape index (κ3) is 5.09. The summed E-state index contributed by atoms with van der Waals surface area (Å²) in [6.45, 7) is 8.74. The van der Waals surface area contributed by atoms with E-state index >= 15 is 0 Å². The van der Waals surface area contributed by atoms with Gasteiger partial charge in [-0.3, -0.25) is 9.59 Å². The molecule has 30 heavy (non-hydrogen) atoms. The number of carbonyl (C=O) groups excluding carboxylic acids is 1. The summed E-state index contributed by atoms with van der Waals surface area (Å²) < 4.78 is 5.53. The largest absolute Gasteiger partial charge is 0.481 e. The van der Waals surface area contributed by atoms with Crippen LogP contribution in [0.3, 0.4) is 0 Å². The highest BCUT2D eigenvalue weighted by Gasteiger charge is 2.50. The SMILES string of the molecule is C=C1CC[C@H](OC(=O)CBr)C/C1=C/C=C1\CCCC2(C)C1CC[C@@H]2[C@@H](C)CC(=O)O. The lowest BCUT2D eigenvalue weighted by molar-refractivity contribution is -0.146. The molecule has 3 aliphatic rings. The predicted molar refractivity (Wildman–Crippen MR) is 122 cm³/mol. The quantitative estimate of drug-likeness (QED) is 0.363. The van der Waals surface area contributed by atoms with Crippen molar-refractivity contribution < 1.29 is 19.4 Å². The van der Waals surface area contributed by atoms with E-state index in [9.17, 15) is 14.7 Å². The Balaban J connectivity index is 1.74. The smallest absolute Gasteiger partial charge is 0.316 e. The van der Waals surface area contributed by atoms with Gasteiger partial charge in [0.25, 0.3) is 0 Å². The van der Waals surface area contributed by atoms with E-state index in [4.69, 9.17) is 4.74 Å². The number of allylic oxidation sites excluding steroid dienone is 4. The first-order chi connectivity index (χ1) is 14.2. The van der Waals surface area contributed by atoms with Gasteiger partial charge in [-0.05, 0) is 73.7 Å². The normalized spacial score (nSPS) is 35.3. The van der Waals surface area contributed by atoms with E-state index in [-0.39, 0.29) is 35.2 Å². The molecular formula is C25H35BrO4. The molecule has 0 bridgehead atoms. The fourth-order valence-corrected chi connectivity index (χ4v) is 6.46. The van der Waals surface area contributed by atoms with Crippen LogP contribution in [0.2, 0.25) is 0 Å². The minimum absolute atomic E-state index is 0.0606. The van der Waals surface area contributed by atoms with Crippen LogP contribution < -0.4 is 0 Å². The van der Waals surface area contributed by atoms with Crippen LogP contribution in [0.5, 0.6) is 0 Å². The first kappa shape index (κ1) is 23.3. The Hall–Kier alpha value is -1.36. The maximum atomic E-state index is 11.6. The standard InChI is InChI=1S/C25H35BrO4/c1-16-6-9-20(30-24(29)15-26)14-19(16)8-7-18-5-4-12-25(3)21(10-11-22(18)25)17(2)13-23(27)28/h7-8,17,20-22H,1,4-6,9-15H2,2-3H3,(H,27,28)/b18-7+,19-8-/t17-,20-,21+,22?,25?/m0/s1. The first-order valence-electron chi connectivity index (χ1n) is 11.3. The number of halogens is 1. The summed E-state index contributed by atoms with van der Waals surface area (Å²) in [6, 6.07) is 0. The second kappa shape index (κ2) is 9.84. The van der Waals surface area contributed by atoms with Crippen molar-refractivity contribution in [3.05, 3.63) is 35.5 Å². The zero-order valence-electron chi connectivity index (χ0n) is 18.3. The molecule has 0 aromatic rings. The second-order valence-electron chi connectivity index (χ2n) is 9.70. The molecule has 0 spiro atoms. The first-order valence-corrected chi connectivity index (χ1v) is 12.4. The average molecular weight is 479 g/mol. The highest BCUT2D eigenvalue weighted by atomic mass is 79.9. The lowest BCUT2D eigenvalue weighted by Crippen LogP contribution is -2.36. The van der Waals surface area contributed by atoms with E-state index in [0.29, 0.717) is 11.8 Å². The third-order valence-corrected chi connectivity index (χ3v) is 8.25. The van der Waals surface area contributed by atoms with Crippen LogP contribution in [0.4, 0.5) is 0 Å². The number of fused-ring (bicyclic) bond motifs is 1. The Morgan fingerprint density at radius 1 is 1.30 bits per heavy atom. The number of esters is 1. The summed E-state index contributed by atoms with van der Waals surface area (Å²) in [5.41, 5.74) is 4.06. The van der Waals surface area contributed by atoms with E-state index in [0.717, 1.165) is 44.1 Å². The van der Waals surface area contributed by atoms with Crippen molar-refractivity contribution >= 4 is 27.9 Å². The van der Waals surface area contributed by atoms with Gasteiger partial charge in [0.1, 0.15) is 11.4 Å². The van der Waals surface area contributed by atoms with Crippen molar-refractivity contribution in [2.45, 2.75) is 77.7 Å². The van der Waals surface area contributed by atoms with Crippen molar-refractivity contribution in [1.82, 2.24) is 0 Å². The number of ether oxygens (including phenoxy) is 1. The molecular weight excluding hydrogens is 444 g/mol. The van der Waals surface area contributed by atoms with Gasteiger partial charge < -0.3 is 9.84 Å². The molecule has 0 aromatic carbocycles. The Morgan fingerprint density at radius 3 is 2.77 bits per heavy atom. The molecule has 0 saturated heterocycles. The summed E-state index contributed by atoms with van der Waals surface area (Å²) in [7, 11) is 0. The van der Waals surface area contributed by atoms with Gasteiger partial charge in [-0.1, -0.05) is 59.7 Å². The highest BCUT2D eigenvalue weighted by Crippen LogP contribution is 2.59.